The van der Waals surface area contributed by atoms with Crippen LogP contribution in [0.4, 0.5) is 11.6 Å². The summed E-state index contributed by atoms with van der Waals surface area (Å²) in [5, 5.41) is 41.9. The molecule has 10 nitrogen and oxygen atoms in total. The van der Waals surface area contributed by atoms with Crippen molar-refractivity contribution in [3.05, 3.63) is 83.9 Å². The van der Waals surface area contributed by atoms with Crippen molar-refractivity contribution < 1.29 is 15.0 Å². The van der Waals surface area contributed by atoms with Crippen LogP contribution in [0.3, 0.4) is 0 Å². The van der Waals surface area contributed by atoms with E-state index in [1.807, 2.05) is 80.3 Å². The van der Waals surface area contributed by atoms with Crippen LogP contribution in [0.1, 0.15) is 69.9 Å². The molecule has 48 heavy (non-hydrogen) atoms. The molecule has 0 radical (unpaired) electrons. The zero-order valence-electron chi connectivity index (χ0n) is 29.0. The van der Waals surface area contributed by atoms with Gasteiger partial charge in [0.25, 0.3) is 0 Å². The number of carbonyl (C=O) groups is 1. The Bertz CT molecular complexity index is 1480. The van der Waals surface area contributed by atoms with Gasteiger partial charge in [0, 0.05) is 43.4 Å². The van der Waals surface area contributed by atoms with Gasteiger partial charge in [-0.2, -0.15) is 0 Å². The molecule has 1 saturated carbocycles. The van der Waals surface area contributed by atoms with Gasteiger partial charge in [-0.15, -0.1) is 20.4 Å². The fourth-order valence-corrected chi connectivity index (χ4v) is 5.49. The number of rotatable bonds is 14. The molecule has 10 heteroatoms. The molecule has 1 aliphatic rings. The number of aliphatic carboxylic acids is 1. The van der Waals surface area contributed by atoms with Gasteiger partial charge in [-0.3, -0.25) is 9.69 Å². The Hall–Kier alpha value is -4.41. The summed E-state index contributed by atoms with van der Waals surface area (Å²) in [4.78, 5) is 12.7. The quantitative estimate of drug-likeness (QED) is 0.103. The van der Waals surface area contributed by atoms with Gasteiger partial charge >= 0.3 is 5.97 Å². The highest BCUT2D eigenvalue weighted by Crippen LogP contribution is 2.24. The second-order valence-electron chi connectivity index (χ2n) is 11.8. The highest BCUT2D eigenvalue weighted by atomic mass is 16.4. The number of aryl methyl sites for hydroxylation is 2. The maximum Gasteiger partial charge on any atom is 0.317 e. The van der Waals surface area contributed by atoms with Gasteiger partial charge in [0.1, 0.15) is 0 Å². The molecule has 1 aliphatic carbocycles. The van der Waals surface area contributed by atoms with Crippen LogP contribution in [0.25, 0.3) is 22.5 Å². The normalized spacial score (nSPS) is 12.7. The molecular weight excluding hydrogens is 602 g/mol. The van der Waals surface area contributed by atoms with Crippen LogP contribution in [0.2, 0.25) is 0 Å². The fourth-order valence-electron chi connectivity index (χ4n) is 5.49. The van der Waals surface area contributed by atoms with E-state index >= 15 is 0 Å². The van der Waals surface area contributed by atoms with Gasteiger partial charge in [-0.1, -0.05) is 93.8 Å². The summed E-state index contributed by atoms with van der Waals surface area (Å²) in [7, 11) is 0. The van der Waals surface area contributed by atoms with Crippen LogP contribution in [0, 0.1) is 13.8 Å². The van der Waals surface area contributed by atoms with Crippen LogP contribution in [0.5, 0.6) is 0 Å². The number of nitrogens with one attached hydrogen (secondary N) is 2. The minimum atomic E-state index is -0.853. The van der Waals surface area contributed by atoms with Crippen molar-refractivity contribution in [2.45, 2.75) is 78.7 Å². The van der Waals surface area contributed by atoms with Crippen molar-refractivity contribution in [3.8, 4) is 22.5 Å². The van der Waals surface area contributed by atoms with E-state index in [1.165, 1.54) is 37.7 Å². The van der Waals surface area contributed by atoms with E-state index in [1.54, 1.807) is 0 Å². The topological polar surface area (TPSA) is 136 Å². The van der Waals surface area contributed by atoms with Gasteiger partial charge < -0.3 is 20.8 Å². The minimum absolute atomic E-state index is 0.00932. The van der Waals surface area contributed by atoms with Crippen molar-refractivity contribution >= 4 is 17.6 Å². The minimum Gasteiger partial charge on any atom is -0.480 e. The number of benzene rings is 2. The summed E-state index contributed by atoms with van der Waals surface area (Å²) in [6.45, 7) is 10.0. The Kier molecular flexibility index (Phi) is 17.0. The second-order valence-corrected chi connectivity index (χ2v) is 11.8. The van der Waals surface area contributed by atoms with Crippen molar-refractivity contribution in [1.82, 2.24) is 25.3 Å². The Morgan fingerprint density at radius 2 is 1.29 bits per heavy atom. The van der Waals surface area contributed by atoms with Crippen LogP contribution in [-0.2, 0) is 4.79 Å². The van der Waals surface area contributed by atoms with Crippen LogP contribution in [0.15, 0.2) is 72.8 Å². The van der Waals surface area contributed by atoms with Crippen LogP contribution >= 0.6 is 0 Å². The summed E-state index contributed by atoms with van der Waals surface area (Å²) >= 11 is 0. The largest absolute Gasteiger partial charge is 0.480 e. The molecule has 0 atom stereocenters. The van der Waals surface area contributed by atoms with Crippen molar-refractivity contribution in [2.75, 3.05) is 43.4 Å². The summed E-state index contributed by atoms with van der Waals surface area (Å²) in [5.41, 5.74) is 6.11. The maximum atomic E-state index is 10.9. The third-order valence-electron chi connectivity index (χ3n) is 7.99. The Balaban J connectivity index is 0.000000254. The zero-order valence-corrected chi connectivity index (χ0v) is 29.0. The summed E-state index contributed by atoms with van der Waals surface area (Å²) < 4.78 is 0. The molecule has 2 aromatic carbocycles. The number of aliphatic hydroxyl groups excluding tert-OH is 1. The average molecular weight is 656 g/mol. The molecule has 5 rings (SSSR count). The number of aromatic nitrogens is 4. The fraction of sp³-hybridized carbons (Fsp3) is 0.447. The first-order chi connectivity index (χ1) is 23.4. The molecule has 4 aromatic rings. The van der Waals surface area contributed by atoms with E-state index in [0.717, 1.165) is 46.1 Å². The first-order valence-electron chi connectivity index (χ1n) is 17.3. The van der Waals surface area contributed by atoms with Crippen LogP contribution in [-0.4, -0.2) is 80.3 Å². The maximum absolute atomic E-state index is 10.9. The van der Waals surface area contributed by atoms with Gasteiger partial charge in [0.2, 0.25) is 0 Å². The van der Waals surface area contributed by atoms with Crippen molar-refractivity contribution in [3.63, 3.8) is 0 Å². The molecule has 258 valence electrons. The third kappa shape index (κ3) is 13.0. The van der Waals surface area contributed by atoms with Gasteiger partial charge in [0.05, 0.1) is 17.9 Å². The monoisotopic (exact) mass is 655 g/mol. The highest BCUT2D eigenvalue weighted by Gasteiger charge is 2.15. The second kappa shape index (κ2) is 21.5. The molecule has 0 amide bonds. The standard InChI is InChI=1S/C19H26N4O3.C17H21N3.C2H6/c1-15-13-17(16-7-3-2-4-8-16)21-22-19(15)20-9-5-10-23(11-6-12-24)14-18(25)26;1-13-12-16(14-8-4-2-5-9-14)19-20-17(13)18-15-10-6-3-7-11-15;1-2/h2-4,7-8,13,24H,5-6,9-12,14H2,1H3,(H,20,22)(H,25,26);2,4-5,8-9,12,15H,3,6-7,10-11H2,1H3,(H,18,20);1-2H3. The number of nitrogens with zero attached hydrogens (tertiary/aromatic N) is 5. The summed E-state index contributed by atoms with van der Waals surface area (Å²) in [5.74, 6) is 0.829. The van der Waals surface area contributed by atoms with E-state index in [0.29, 0.717) is 32.1 Å². The number of carboxylic acid groups (broad SMARTS) is 1. The SMILES string of the molecule is CC.Cc1cc(-c2ccccc2)nnc1NC1CCCCC1.Cc1cc(-c2ccccc2)nnc1NCCCN(CCCO)CC(=O)O. The molecule has 0 bridgehead atoms. The molecule has 0 aliphatic heterocycles. The summed E-state index contributed by atoms with van der Waals surface area (Å²) in [6, 6.07) is 24.8. The Morgan fingerprint density at radius 3 is 1.79 bits per heavy atom. The van der Waals surface area contributed by atoms with Gasteiger partial charge in [0.15, 0.2) is 11.6 Å². The number of hydrogen-bond donors (Lipinski definition) is 4. The molecule has 0 saturated heterocycles. The van der Waals surface area contributed by atoms with Crippen molar-refractivity contribution in [1.29, 1.82) is 0 Å². The zero-order chi connectivity index (χ0) is 34.6. The molecule has 4 N–H and O–H groups in total. The van der Waals surface area contributed by atoms with E-state index in [4.69, 9.17) is 10.2 Å². The highest BCUT2D eigenvalue weighted by molar-refractivity contribution is 5.69. The predicted octanol–water partition coefficient (Wildman–Crippen LogP) is 7.25. The number of carboxylic acids is 1. The number of anilines is 2. The lowest BCUT2D eigenvalue weighted by molar-refractivity contribution is -0.138. The molecular formula is C38H53N7O3. The smallest absolute Gasteiger partial charge is 0.317 e. The lowest BCUT2D eigenvalue weighted by atomic mass is 9.95. The number of hydrogen-bond acceptors (Lipinski definition) is 9. The Morgan fingerprint density at radius 1 is 0.771 bits per heavy atom. The van der Waals surface area contributed by atoms with Crippen molar-refractivity contribution in [2.24, 2.45) is 0 Å². The third-order valence-corrected chi connectivity index (χ3v) is 7.99. The van der Waals surface area contributed by atoms with E-state index in [-0.39, 0.29) is 13.2 Å². The molecule has 1 fully saturated rings. The first kappa shape index (κ1) is 38.0. The van der Waals surface area contributed by atoms with Gasteiger partial charge in [-0.05, 0) is 62.8 Å². The predicted molar refractivity (Wildman–Crippen MR) is 195 cm³/mol. The van der Waals surface area contributed by atoms with E-state index in [9.17, 15) is 4.79 Å². The number of aliphatic hydroxyl groups is 1. The molecule has 2 aromatic heterocycles. The average Bonchev–Trinajstić information content (AvgIpc) is 3.12. The lowest BCUT2D eigenvalue weighted by Crippen LogP contribution is -2.33. The lowest BCUT2D eigenvalue weighted by Gasteiger charge is -2.23. The molecule has 2 heterocycles. The summed E-state index contributed by atoms with van der Waals surface area (Å²) in [6.07, 6.45) is 7.88. The van der Waals surface area contributed by atoms with Crippen LogP contribution < -0.4 is 10.6 Å². The van der Waals surface area contributed by atoms with Gasteiger partial charge in [-0.25, -0.2) is 0 Å². The first-order valence-corrected chi connectivity index (χ1v) is 17.3. The van der Waals surface area contributed by atoms with E-state index < -0.39 is 5.97 Å². The molecule has 0 spiro atoms. The van der Waals surface area contributed by atoms with E-state index in [2.05, 4.69) is 56.2 Å². The molecule has 0 unspecified atom stereocenters. The Labute approximate surface area is 286 Å².